The minimum Gasteiger partial charge on any atom is -0.208 e. The lowest BCUT2D eigenvalue weighted by Crippen LogP contribution is -2.31. The Morgan fingerprint density at radius 2 is 0.944 bits per heavy atom. The van der Waals surface area contributed by atoms with Crippen molar-refractivity contribution in [3.8, 4) is 56.4 Å². The van der Waals surface area contributed by atoms with Gasteiger partial charge in [0.25, 0.3) is 0 Å². The van der Waals surface area contributed by atoms with Crippen LogP contribution in [0.25, 0.3) is 87.4 Å². The molecule has 1 spiro atoms. The summed E-state index contributed by atoms with van der Waals surface area (Å²) in [7, 11) is 0. The highest BCUT2D eigenvalue weighted by molar-refractivity contribution is 7.26. The fourth-order valence-corrected chi connectivity index (χ4v) is 10.5. The Labute approximate surface area is 315 Å². The Kier molecular flexibility index (Phi) is 6.14. The van der Waals surface area contributed by atoms with Gasteiger partial charge >= 0.3 is 0 Å². The monoisotopic (exact) mass is 703 g/mol. The Morgan fingerprint density at radius 1 is 0.370 bits per heavy atom. The van der Waals surface area contributed by atoms with E-state index in [0.29, 0.717) is 17.5 Å². The van der Waals surface area contributed by atoms with Gasteiger partial charge in [-0.1, -0.05) is 158 Å². The van der Waals surface area contributed by atoms with Crippen molar-refractivity contribution in [3.63, 3.8) is 0 Å². The van der Waals surface area contributed by atoms with E-state index in [4.69, 9.17) is 15.0 Å². The first kappa shape index (κ1) is 29.8. The summed E-state index contributed by atoms with van der Waals surface area (Å²) in [5.41, 5.74) is 12.7. The molecule has 0 bridgehead atoms. The minimum absolute atomic E-state index is 0.521. The van der Waals surface area contributed by atoms with Crippen LogP contribution >= 0.6 is 11.3 Å². The molecule has 250 valence electrons. The zero-order chi connectivity index (χ0) is 35.4. The Bertz CT molecular complexity index is 3170. The normalized spacial score (nSPS) is 15.1. The van der Waals surface area contributed by atoms with E-state index in [0.717, 1.165) is 16.7 Å². The summed E-state index contributed by atoms with van der Waals surface area (Å²) in [5, 5.41) is 5.05. The van der Waals surface area contributed by atoms with Crippen molar-refractivity contribution in [3.05, 3.63) is 198 Å². The van der Waals surface area contributed by atoms with Crippen LogP contribution in [0.1, 0.15) is 22.3 Å². The molecule has 8 aromatic carbocycles. The molecule has 0 radical (unpaired) electrons. The molecule has 0 fully saturated rings. The van der Waals surface area contributed by atoms with Gasteiger partial charge in [-0.2, -0.15) is 0 Å². The first-order valence-electron chi connectivity index (χ1n) is 18.4. The molecule has 2 aromatic heterocycles. The molecule has 2 heterocycles. The standard InChI is InChI=1S/C50H29N3S/c1-2-13-31(14-3-1)47-51-48(53-49(52-47)39-22-12-21-38-36-19-6-9-26-44(36)54-46(38)39)32-27-28-35-33-17-4-7-23-40(33)50(43(35)29-32)41-24-8-5-18-34(41)37-20-10-15-30-16-11-25-42(50)45(30)37/h1-29H. The van der Waals surface area contributed by atoms with Gasteiger partial charge < -0.3 is 0 Å². The summed E-state index contributed by atoms with van der Waals surface area (Å²) in [4.78, 5) is 15.7. The molecule has 10 aromatic rings. The third-order valence-corrected chi connectivity index (χ3v) is 12.8. The molecule has 0 amide bonds. The van der Waals surface area contributed by atoms with Gasteiger partial charge in [-0.05, 0) is 73.5 Å². The van der Waals surface area contributed by atoms with E-state index in [1.54, 1.807) is 11.3 Å². The van der Waals surface area contributed by atoms with Gasteiger partial charge in [0.2, 0.25) is 0 Å². The molecule has 1 atom stereocenters. The second-order valence-electron chi connectivity index (χ2n) is 14.3. The number of hydrogen-bond donors (Lipinski definition) is 0. The smallest absolute Gasteiger partial charge is 0.165 e. The fourth-order valence-electron chi connectivity index (χ4n) is 9.33. The first-order chi connectivity index (χ1) is 26.8. The van der Waals surface area contributed by atoms with Crippen LogP contribution in [-0.4, -0.2) is 15.0 Å². The molecule has 54 heavy (non-hydrogen) atoms. The molecule has 0 N–H and O–H groups in total. The lowest BCUT2D eigenvalue weighted by atomic mass is 9.61. The van der Waals surface area contributed by atoms with Crippen molar-refractivity contribution in [2.45, 2.75) is 5.41 Å². The molecule has 2 aliphatic rings. The third-order valence-electron chi connectivity index (χ3n) is 11.5. The Balaban J connectivity index is 1.15. The van der Waals surface area contributed by atoms with Crippen molar-refractivity contribution in [1.82, 2.24) is 15.0 Å². The third kappa shape index (κ3) is 3.98. The van der Waals surface area contributed by atoms with E-state index in [1.165, 1.54) is 75.5 Å². The van der Waals surface area contributed by atoms with Gasteiger partial charge in [0, 0.05) is 36.9 Å². The number of aromatic nitrogens is 3. The van der Waals surface area contributed by atoms with Crippen molar-refractivity contribution < 1.29 is 0 Å². The van der Waals surface area contributed by atoms with Crippen LogP contribution in [0.4, 0.5) is 0 Å². The Morgan fingerprint density at radius 3 is 1.78 bits per heavy atom. The highest BCUT2D eigenvalue weighted by Crippen LogP contribution is 2.62. The summed E-state index contributed by atoms with van der Waals surface area (Å²) in [5.74, 6) is 2.00. The quantitative estimate of drug-likeness (QED) is 0.184. The molecule has 3 nitrogen and oxygen atoms in total. The van der Waals surface area contributed by atoms with Crippen molar-refractivity contribution in [1.29, 1.82) is 0 Å². The first-order valence-corrected chi connectivity index (χ1v) is 19.2. The van der Waals surface area contributed by atoms with Gasteiger partial charge in [0.15, 0.2) is 17.5 Å². The summed E-state index contributed by atoms with van der Waals surface area (Å²) < 4.78 is 2.44. The predicted octanol–water partition coefficient (Wildman–Crippen LogP) is 12.7. The molecule has 0 saturated carbocycles. The van der Waals surface area contributed by atoms with Crippen molar-refractivity contribution >= 4 is 42.3 Å². The van der Waals surface area contributed by atoms with Crippen molar-refractivity contribution in [2.75, 3.05) is 0 Å². The molecule has 4 heteroatoms. The largest absolute Gasteiger partial charge is 0.208 e. The zero-order valence-electron chi connectivity index (χ0n) is 29.0. The van der Waals surface area contributed by atoms with Crippen molar-refractivity contribution in [2.24, 2.45) is 0 Å². The maximum atomic E-state index is 5.33. The van der Waals surface area contributed by atoms with E-state index in [2.05, 4.69) is 158 Å². The molecule has 0 saturated heterocycles. The number of nitrogens with zero attached hydrogens (tertiary/aromatic N) is 3. The number of benzene rings is 8. The average molecular weight is 704 g/mol. The number of fused-ring (bicyclic) bond motifs is 12. The maximum Gasteiger partial charge on any atom is 0.165 e. The van der Waals surface area contributed by atoms with E-state index >= 15 is 0 Å². The van der Waals surface area contributed by atoms with Gasteiger partial charge in [-0.15, -0.1) is 11.3 Å². The van der Waals surface area contributed by atoms with Gasteiger partial charge in [-0.3, -0.25) is 0 Å². The van der Waals surface area contributed by atoms with Crippen LogP contribution in [0.3, 0.4) is 0 Å². The van der Waals surface area contributed by atoms with Crippen LogP contribution in [0, 0.1) is 0 Å². The lowest BCUT2D eigenvalue weighted by molar-refractivity contribution is 0.773. The van der Waals surface area contributed by atoms with E-state index in [9.17, 15) is 0 Å². The van der Waals surface area contributed by atoms with E-state index < -0.39 is 5.41 Å². The summed E-state index contributed by atoms with van der Waals surface area (Å²) in [6, 6.07) is 63.7. The van der Waals surface area contributed by atoms with Crippen LogP contribution in [0.5, 0.6) is 0 Å². The van der Waals surface area contributed by atoms with Crippen LogP contribution in [0.15, 0.2) is 176 Å². The fraction of sp³-hybridized carbons (Fsp3) is 0.0200. The minimum atomic E-state index is -0.521. The molecule has 0 aliphatic heterocycles. The number of thiophene rings is 1. The van der Waals surface area contributed by atoms with Crippen LogP contribution < -0.4 is 0 Å². The predicted molar refractivity (Wildman–Crippen MR) is 223 cm³/mol. The molecule has 12 rings (SSSR count). The number of hydrogen-bond acceptors (Lipinski definition) is 4. The molecule has 2 aliphatic carbocycles. The lowest BCUT2D eigenvalue weighted by Gasteiger charge is -2.40. The molecular weight excluding hydrogens is 675 g/mol. The molecular formula is C50H29N3S. The summed E-state index contributed by atoms with van der Waals surface area (Å²) in [6.45, 7) is 0. The van der Waals surface area contributed by atoms with E-state index in [1.807, 2.05) is 18.2 Å². The number of rotatable bonds is 3. The highest BCUT2D eigenvalue weighted by Gasteiger charge is 2.50. The van der Waals surface area contributed by atoms with Gasteiger partial charge in [-0.25, -0.2) is 15.0 Å². The second kappa shape index (κ2) is 11.1. The average Bonchev–Trinajstić information content (AvgIpc) is 3.77. The zero-order valence-corrected chi connectivity index (χ0v) is 29.8. The summed E-state index contributed by atoms with van der Waals surface area (Å²) >= 11 is 1.80. The van der Waals surface area contributed by atoms with E-state index in [-0.39, 0.29) is 0 Å². The Hall–Kier alpha value is -6.75. The summed E-state index contributed by atoms with van der Waals surface area (Å²) in [6.07, 6.45) is 0. The topological polar surface area (TPSA) is 38.7 Å². The highest BCUT2D eigenvalue weighted by atomic mass is 32.1. The van der Waals surface area contributed by atoms with Gasteiger partial charge in [0.1, 0.15) is 0 Å². The SMILES string of the molecule is c1ccc(-c2nc(-c3ccc4c(c3)C3(c5ccccc5-4)c4ccccc4-c4cccc5cccc3c45)nc(-c3cccc4c3sc3ccccc34)n2)cc1. The second-order valence-corrected chi connectivity index (χ2v) is 15.3. The van der Waals surface area contributed by atoms with Crippen LogP contribution in [0.2, 0.25) is 0 Å². The van der Waals surface area contributed by atoms with Crippen LogP contribution in [-0.2, 0) is 5.41 Å². The maximum absolute atomic E-state index is 5.33. The van der Waals surface area contributed by atoms with Gasteiger partial charge in [0.05, 0.1) is 5.41 Å². The molecule has 1 unspecified atom stereocenters.